The van der Waals surface area contributed by atoms with E-state index in [4.69, 9.17) is 0 Å². The average molecular weight is 199 g/mol. The minimum absolute atomic E-state index is 0.786. The second kappa shape index (κ2) is 3.12. The molecule has 0 saturated heterocycles. The van der Waals surface area contributed by atoms with Gasteiger partial charge < -0.3 is 4.90 Å². The van der Waals surface area contributed by atoms with Gasteiger partial charge in [0.2, 0.25) is 5.96 Å². The summed E-state index contributed by atoms with van der Waals surface area (Å²) in [6.07, 6.45) is 13.9. The smallest absolute Gasteiger partial charge is 0.209 e. The summed E-state index contributed by atoms with van der Waals surface area (Å²) in [7, 11) is 2.02. The van der Waals surface area contributed by atoms with Crippen molar-refractivity contribution in [1.82, 2.24) is 9.80 Å². The monoisotopic (exact) mass is 199 g/mol. The lowest BCUT2D eigenvalue weighted by Crippen LogP contribution is -2.33. The first-order valence-electron chi connectivity index (χ1n) is 5.17. The molecule has 0 unspecified atom stereocenters. The zero-order valence-corrected chi connectivity index (χ0v) is 8.72. The fourth-order valence-corrected chi connectivity index (χ4v) is 2.03. The van der Waals surface area contributed by atoms with Gasteiger partial charge in [-0.2, -0.15) is 0 Å². The van der Waals surface area contributed by atoms with Crippen LogP contribution < -0.4 is 0 Å². The Morgan fingerprint density at radius 1 is 1.20 bits per heavy atom. The van der Waals surface area contributed by atoms with Crippen LogP contribution in [0, 0.1) is 0 Å². The molecule has 2 heterocycles. The van der Waals surface area contributed by atoms with Crippen molar-refractivity contribution >= 4 is 5.96 Å². The Bertz CT molecular complexity index is 438. The summed E-state index contributed by atoms with van der Waals surface area (Å²) in [6, 6.07) is 0. The van der Waals surface area contributed by atoms with E-state index in [0.717, 1.165) is 18.9 Å². The largest absolute Gasteiger partial charge is 0.320 e. The van der Waals surface area contributed by atoms with Gasteiger partial charge in [0.05, 0.1) is 12.2 Å². The minimum atomic E-state index is 0.786. The van der Waals surface area contributed by atoms with Crippen LogP contribution in [0.2, 0.25) is 0 Å². The fourth-order valence-electron chi connectivity index (χ4n) is 2.03. The molecule has 0 spiro atoms. The molecule has 2 aliphatic heterocycles. The maximum atomic E-state index is 4.56. The molecule has 0 aromatic carbocycles. The van der Waals surface area contributed by atoms with Gasteiger partial charge in [0.15, 0.2) is 0 Å². The van der Waals surface area contributed by atoms with Crippen LogP contribution >= 0.6 is 0 Å². The predicted molar refractivity (Wildman–Crippen MR) is 61.0 cm³/mol. The Kier molecular flexibility index (Phi) is 1.78. The number of guanidine groups is 1. The summed E-state index contributed by atoms with van der Waals surface area (Å²) in [5.74, 6) is 1.02. The van der Waals surface area contributed by atoms with Crippen molar-refractivity contribution in [2.45, 2.75) is 6.42 Å². The highest BCUT2D eigenvalue weighted by atomic mass is 15.4. The van der Waals surface area contributed by atoms with Gasteiger partial charge >= 0.3 is 0 Å². The molecule has 3 nitrogen and oxygen atoms in total. The average Bonchev–Trinajstić information content (AvgIpc) is 2.51. The molecule has 0 fully saturated rings. The molecule has 0 N–H and O–H groups in total. The summed E-state index contributed by atoms with van der Waals surface area (Å²) < 4.78 is 0. The molecule has 3 heteroatoms. The van der Waals surface area contributed by atoms with Gasteiger partial charge in [-0.15, -0.1) is 0 Å². The molecule has 3 rings (SSSR count). The van der Waals surface area contributed by atoms with Crippen LogP contribution in [-0.4, -0.2) is 29.4 Å². The molecular formula is C12H13N3. The molecule has 3 aliphatic rings. The third kappa shape index (κ3) is 1.23. The van der Waals surface area contributed by atoms with E-state index in [1.807, 2.05) is 18.1 Å². The number of allylic oxidation sites excluding steroid dienone is 3. The maximum Gasteiger partial charge on any atom is 0.209 e. The van der Waals surface area contributed by atoms with Gasteiger partial charge in [-0.1, -0.05) is 18.2 Å². The third-order valence-corrected chi connectivity index (χ3v) is 2.82. The van der Waals surface area contributed by atoms with E-state index in [9.17, 15) is 0 Å². The molecule has 0 amide bonds. The van der Waals surface area contributed by atoms with Crippen molar-refractivity contribution in [3.05, 3.63) is 48.0 Å². The van der Waals surface area contributed by atoms with Crippen LogP contribution in [0.25, 0.3) is 0 Å². The SMILES string of the molecule is CN1C=CN2C1=NCC1=C2C=CCC=C1. The van der Waals surface area contributed by atoms with Gasteiger partial charge in [-0.05, 0) is 18.1 Å². The lowest BCUT2D eigenvalue weighted by molar-refractivity contribution is 0.597. The van der Waals surface area contributed by atoms with Crippen molar-refractivity contribution in [3.63, 3.8) is 0 Å². The van der Waals surface area contributed by atoms with Crippen LogP contribution in [0.3, 0.4) is 0 Å². The zero-order chi connectivity index (χ0) is 10.3. The van der Waals surface area contributed by atoms with Gasteiger partial charge in [-0.3, -0.25) is 4.90 Å². The van der Waals surface area contributed by atoms with Crippen LogP contribution in [0.5, 0.6) is 0 Å². The molecular weight excluding hydrogens is 186 g/mol. The first-order chi connectivity index (χ1) is 7.36. The molecule has 0 bridgehead atoms. The summed E-state index contributed by atoms with van der Waals surface area (Å²) in [4.78, 5) is 8.75. The molecule has 0 atom stereocenters. The summed E-state index contributed by atoms with van der Waals surface area (Å²) >= 11 is 0. The standard InChI is InChI=1S/C12H13N3/c1-14-7-8-15-11-6-4-2-3-5-10(11)9-13-12(14)15/h3-8H,2,9H2,1H3. The number of fused-ring (bicyclic) bond motifs is 2. The Hall–Kier alpha value is -1.77. The molecule has 0 aromatic heterocycles. The van der Waals surface area contributed by atoms with Crippen molar-refractivity contribution < 1.29 is 0 Å². The zero-order valence-electron chi connectivity index (χ0n) is 8.72. The van der Waals surface area contributed by atoms with Gasteiger partial charge in [0.25, 0.3) is 0 Å². The topological polar surface area (TPSA) is 18.8 Å². The summed E-state index contributed by atoms with van der Waals surface area (Å²) in [5, 5.41) is 0. The van der Waals surface area contributed by atoms with E-state index < -0.39 is 0 Å². The lowest BCUT2D eigenvalue weighted by Gasteiger charge is -2.26. The van der Waals surface area contributed by atoms with Crippen LogP contribution in [0.15, 0.2) is 53.0 Å². The van der Waals surface area contributed by atoms with E-state index in [1.165, 1.54) is 11.3 Å². The highest BCUT2D eigenvalue weighted by Crippen LogP contribution is 2.26. The third-order valence-electron chi connectivity index (χ3n) is 2.82. The van der Waals surface area contributed by atoms with E-state index in [2.05, 4.69) is 40.4 Å². The number of rotatable bonds is 0. The Balaban J connectivity index is 2.05. The molecule has 0 aromatic rings. The minimum Gasteiger partial charge on any atom is -0.320 e. The van der Waals surface area contributed by atoms with E-state index in [1.54, 1.807) is 0 Å². The Morgan fingerprint density at radius 3 is 3.00 bits per heavy atom. The summed E-state index contributed by atoms with van der Waals surface area (Å²) in [5.41, 5.74) is 2.56. The highest BCUT2D eigenvalue weighted by molar-refractivity contribution is 5.87. The lowest BCUT2D eigenvalue weighted by atomic mass is 10.1. The fraction of sp³-hybridized carbons (Fsp3) is 0.250. The van der Waals surface area contributed by atoms with Crippen molar-refractivity contribution in [2.24, 2.45) is 4.99 Å². The molecule has 76 valence electrons. The first-order valence-corrected chi connectivity index (χ1v) is 5.17. The molecule has 0 radical (unpaired) electrons. The highest BCUT2D eigenvalue weighted by Gasteiger charge is 2.25. The van der Waals surface area contributed by atoms with Crippen molar-refractivity contribution in [1.29, 1.82) is 0 Å². The van der Waals surface area contributed by atoms with E-state index in [0.29, 0.717) is 0 Å². The summed E-state index contributed by atoms with van der Waals surface area (Å²) in [6.45, 7) is 0.786. The van der Waals surface area contributed by atoms with Crippen LogP contribution in [0.4, 0.5) is 0 Å². The quantitative estimate of drug-likeness (QED) is 0.593. The Morgan fingerprint density at radius 2 is 2.07 bits per heavy atom. The normalized spacial score (nSPS) is 22.9. The van der Waals surface area contributed by atoms with Crippen molar-refractivity contribution in [2.75, 3.05) is 13.6 Å². The number of hydrogen-bond acceptors (Lipinski definition) is 3. The second-order valence-electron chi connectivity index (χ2n) is 3.85. The van der Waals surface area contributed by atoms with Crippen LogP contribution in [-0.2, 0) is 0 Å². The Labute approximate surface area is 89.4 Å². The van der Waals surface area contributed by atoms with E-state index >= 15 is 0 Å². The van der Waals surface area contributed by atoms with Crippen molar-refractivity contribution in [3.8, 4) is 0 Å². The van der Waals surface area contributed by atoms with E-state index in [-0.39, 0.29) is 0 Å². The van der Waals surface area contributed by atoms with Gasteiger partial charge in [-0.25, -0.2) is 4.99 Å². The van der Waals surface area contributed by atoms with Crippen LogP contribution in [0.1, 0.15) is 6.42 Å². The van der Waals surface area contributed by atoms with Gasteiger partial charge in [0, 0.05) is 19.4 Å². The number of hydrogen-bond donors (Lipinski definition) is 0. The van der Waals surface area contributed by atoms with Gasteiger partial charge in [0.1, 0.15) is 0 Å². The second-order valence-corrected chi connectivity index (χ2v) is 3.85. The molecule has 15 heavy (non-hydrogen) atoms. The number of nitrogens with zero attached hydrogens (tertiary/aromatic N) is 3. The number of aliphatic imine (C=N–C) groups is 1. The predicted octanol–water partition coefficient (Wildman–Crippen LogP) is 1.84. The maximum absolute atomic E-state index is 4.56. The first kappa shape index (κ1) is 8.53. The molecule has 1 aliphatic carbocycles. The molecule has 0 saturated carbocycles.